The Labute approximate surface area is 234 Å². The summed E-state index contributed by atoms with van der Waals surface area (Å²) in [4.78, 5) is 41.7. The van der Waals surface area contributed by atoms with Crippen LogP contribution < -0.4 is 9.64 Å². The van der Waals surface area contributed by atoms with Crippen molar-refractivity contribution in [2.75, 3.05) is 26.1 Å². The molecule has 3 aromatic rings. The van der Waals surface area contributed by atoms with E-state index in [1.807, 2.05) is 70.1 Å². The maximum absolute atomic E-state index is 13.6. The van der Waals surface area contributed by atoms with E-state index >= 15 is 0 Å². The lowest BCUT2D eigenvalue weighted by molar-refractivity contribution is -0.140. The molecule has 40 heavy (non-hydrogen) atoms. The van der Waals surface area contributed by atoms with Gasteiger partial charge < -0.3 is 24.7 Å². The van der Waals surface area contributed by atoms with Crippen molar-refractivity contribution in [3.63, 3.8) is 0 Å². The number of carboxylic acids is 1. The molecule has 4 rings (SSSR count). The molecule has 0 radical (unpaired) electrons. The summed E-state index contributed by atoms with van der Waals surface area (Å²) >= 11 is 0. The van der Waals surface area contributed by atoms with Crippen molar-refractivity contribution in [1.82, 2.24) is 4.90 Å². The Hall–Kier alpha value is -4.59. The second-order valence-corrected chi connectivity index (χ2v) is 11.1. The van der Waals surface area contributed by atoms with Crippen molar-refractivity contribution < 1.29 is 29.3 Å². The predicted molar refractivity (Wildman–Crippen MR) is 154 cm³/mol. The number of hydrogen-bond acceptors (Lipinski definition) is 6. The van der Waals surface area contributed by atoms with E-state index in [1.165, 1.54) is 24.1 Å². The van der Waals surface area contributed by atoms with Gasteiger partial charge in [-0.2, -0.15) is 0 Å². The molecule has 0 spiro atoms. The number of likely N-dealkylation sites (tertiary alicyclic amines) is 1. The highest BCUT2D eigenvalue weighted by Crippen LogP contribution is 2.42. The number of rotatable bonds is 7. The number of amides is 1. The molecule has 1 unspecified atom stereocenters. The van der Waals surface area contributed by atoms with Crippen LogP contribution in [-0.2, 0) is 21.5 Å². The van der Waals surface area contributed by atoms with Gasteiger partial charge in [0.05, 0.1) is 29.9 Å². The van der Waals surface area contributed by atoms with Crippen LogP contribution in [0.1, 0.15) is 59.4 Å². The minimum atomic E-state index is -1.06. The molecular formula is C32H34N2O6. The van der Waals surface area contributed by atoms with E-state index in [1.54, 1.807) is 24.3 Å². The third-order valence-electron chi connectivity index (χ3n) is 7.14. The zero-order chi connectivity index (χ0) is 29.4. The number of benzene rings is 3. The Morgan fingerprint density at radius 1 is 0.950 bits per heavy atom. The van der Waals surface area contributed by atoms with Gasteiger partial charge in [-0.15, -0.1) is 0 Å². The van der Waals surface area contributed by atoms with Crippen LogP contribution in [0.4, 0.5) is 5.69 Å². The van der Waals surface area contributed by atoms with Gasteiger partial charge in [0, 0.05) is 26.3 Å². The fourth-order valence-corrected chi connectivity index (χ4v) is 4.80. The third kappa shape index (κ3) is 5.43. The largest absolute Gasteiger partial charge is 0.507 e. The van der Waals surface area contributed by atoms with Gasteiger partial charge in [0.1, 0.15) is 11.5 Å². The van der Waals surface area contributed by atoms with Crippen molar-refractivity contribution in [3.05, 3.63) is 100 Å². The topological polar surface area (TPSA) is 107 Å². The quantitative estimate of drug-likeness (QED) is 0.235. The number of anilines is 1. The van der Waals surface area contributed by atoms with Crippen LogP contribution in [0.15, 0.2) is 72.3 Å². The smallest absolute Gasteiger partial charge is 0.335 e. The van der Waals surface area contributed by atoms with Crippen LogP contribution in [0.3, 0.4) is 0 Å². The number of aliphatic hydroxyl groups excluding tert-OH is 1. The van der Waals surface area contributed by atoms with Crippen LogP contribution in [0, 0.1) is 0 Å². The molecule has 0 bridgehead atoms. The monoisotopic (exact) mass is 542 g/mol. The first-order valence-electron chi connectivity index (χ1n) is 12.9. The average Bonchev–Trinajstić information content (AvgIpc) is 3.17. The van der Waals surface area contributed by atoms with E-state index in [4.69, 9.17) is 4.74 Å². The van der Waals surface area contributed by atoms with Crippen LogP contribution in [0.2, 0.25) is 0 Å². The molecule has 0 aromatic heterocycles. The first kappa shape index (κ1) is 28.4. The molecule has 1 amide bonds. The highest BCUT2D eigenvalue weighted by molar-refractivity contribution is 6.46. The summed E-state index contributed by atoms with van der Waals surface area (Å²) in [5, 5.41) is 20.9. The average molecular weight is 543 g/mol. The zero-order valence-electron chi connectivity index (χ0n) is 23.6. The first-order valence-corrected chi connectivity index (χ1v) is 12.9. The minimum Gasteiger partial charge on any atom is -0.507 e. The number of Topliss-reactive ketones (excluding diaryl/α,β-unsaturated/α-hetero) is 1. The molecule has 8 heteroatoms. The summed E-state index contributed by atoms with van der Waals surface area (Å²) in [6, 6.07) is 18.2. The highest BCUT2D eigenvalue weighted by Gasteiger charge is 2.46. The van der Waals surface area contributed by atoms with E-state index in [0.29, 0.717) is 22.4 Å². The van der Waals surface area contributed by atoms with Gasteiger partial charge in [0.25, 0.3) is 11.7 Å². The van der Waals surface area contributed by atoms with Gasteiger partial charge in [-0.1, -0.05) is 51.1 Å². The Balaban J connectivity index is 1.90. The molecule has 1 aliphatic heterocycles. The van der Waals surface area contributed by atoms with Crippen molar-refractivity contribution >= 4 is 29.1 Å². The predicted octanol–water partition coefficient (Wildman–Crippen LogP) is 5.38. The van der Waals surface area contributed by atoms with E-state index in [-0.39, 0.29) is 28.9 Å². The number of ketones is 1. The van der Waals surface area contributed by atoms with E-state index in [2.05, 4.69) is 0 Å². The lowest BCUT2D eigenvalue weighted by Gasteiger charge is -2.26. The van der Waals surface area contributed by atoms with Gasteiger partial charge in [0.2, 0.25) is 0 Å². The maximum atomic E-state index is 13.6. The zero-order valence-corrected chi connectivity index (χ0v) is 23.6. The number of carbonyl (C=O) groups is 3. The standard InChI is InChI=1S/C32H34N2O6/c1-32(2,3)22-13-16-25(40-6)24(17-22)28(35)26-27(20-11-14-23(15-12-20)33(4)5)34(30(37)29(26)36)18-19-7-9-21(10-8-19)31(38)39/h7-17,27,35H,18H2,1-6H3,(H,38,39)/b28-26+. The van der Waals surface area contributed by atoms with Gasteiger partial charge in [-0.25, -0.2) is 4.79 Å². The molecule has 208 valence electrons. The molecule has 2 N–H and O–H groups in total. The first-order chi connectivity index (χ1) is 18.8. The van der Waals surface area contributed by atoms with Crippen LogP contribution >= 0.6 is 0 Å². The molecule has 8 nitrogen and oxygen atoms in total. The van der Waals surface area contributed by atoms with Crippen molar-refractivity contribution in [1.29, 1.82) is 0 Å². The summed E-state index contributed by atoms with van der Waals surface area (Å²) in [7, 11) is 5.31. The summed E-state index contributed by atoms with van der Waals surface area (Å²) in [5.74, 6) is -2.55. The third-order valence-corrected chi connectivity index (χ3v) is 7.14. The number of nitrogens with zero attached hydrogens (tertiary/aromatic N) is 2. The Morgan fingerprint density at radius 2 is 1.57 bits per heavy atom. The molecule has 1 saturated heterocycles. The number of carbonyl (C=O) groups excluding carboxylic acids is 2. The summed E-state index contributed by atoms with van der Waals surface area (Å²) in [5.41, 5.74) is 3.33. The minimum absolute atomic E-state index is 0.0332. The van der Waals surface area contributed by atoms with Crippen molar-refractivity contribution in [2.45, 2.75) is 38.8 Å². The molecule has 1 heterocycles. The lowest BCUT2D eigenvalue weighted by atomic mass is 9.85. The Bertz CT molecular complexity index is 1480. The van der Waals surface area contributed by atoms with Crippen molar-refractivity contribution in [3.8, 4) is 5.75 Å². The number of hydrogen-bond donors (Lipinski definition) is 2. The Morgan fingerprint density at radius 3 is 2.10 bits per heavy atom. The maximum Gasteiger partial charge on any atom is 0.335 e. The summed E-state index contributed by atoms with van der Waals surface area (Å²) in [6.07, 6.45) is 0. The number of aromatic carboxylic acids is 1. The number of aliphatic hydroxyl groups is 1. The van der Waals surface area contributed by atoms with Gasteiger partial charge in [0.15, 0.2) is 0 Å². The highest BCUT2D eigenvalue weighted by atomic mass is 16.5. The molecule has 0 aliphatic carbocycles. The molecule has 0 saturated carbocycles. The van der Waals surface area contributed by atoms with Gasteiger partial charge in [-0.3, -0.25) is 9.59 Å². The molecule has 1 fully saturated rings. The summed E-state index contributed by atoms with van der Waals surface area (Å²) in [6.45, 7) is 6.17. The Kier molecular flexibility index (Phi) is 7.73. The van der Waals surface area contributed by atoms with E-state index < -0.39 is 23.7 Å². The number of methoxy groups -OCH3 is 1. The van der Waals surface area contributed by atoms with E-state index in [9.17, 15) is 24.6 Å². The SMILES string of the molecule is COc1ccc(C(C)(C)C)cc1/C(O)=C1\C(=O)C(=O)N(Cc2ccc(C(=O)O)cc2)C1c1ccc(N(C)C)cc1. The number of carboxylic acid groups (broad SMARTS) is 1. The van der Waals surface area contributed by atoms with Gasteiger partial charge >= 0.3 is 5.97 Å². The van der Waals surface area contributed by atoms with Crippen molar-refractivity contribution in [2.24, 2.45) is 0 Å². The van der Waals surface area contributed by atoms with Crippen LogP contribution in [0.25, 0.3) is 5.76 Å². The van der Waals surface area contributed by atoms with Crippen LogP contribution in [0.5, 0.6) is 5.75 Å². The lowest BCUT2D eigenvalue weighted by Crippen LogP contribution is -2.29. The molecule has 3 aromatic carbocycles. The second kappa shape index (κ2) is 10.9. The number of ether oxygens (including phenoxy) is 1. The van der Waals surface area contributed by atoms with Gasteiger partial charge in [-0.05, 0) is 58.5 Å². The van der Waals surface area contributed by atoms with Crippen LogP contribution in [-0.4, -0.2) is 54.0 Å². The fraction of sp³-hybridized carbons (Fsp3) is 0.281. The molecule has 1 atom stereocenters. The normalized spacial score (nSPS) is 16.8. The molecular weight excluding hydrogens is 508 g/mol. The van der Waals surface area contributed by atoms with E-state index in [0.717, 1.165) is 11.3 Å². The fourth-order valence-electron chi connectivity index (χ4n) is 4.80. The molecule has 1 aliphatic rings. The summed E-state index contributed by atoms with van der Waals surface area (Å²) < 4.78 is 5.53. The second-order valence-electron chi connectivity index (χ2n) is 11.1.